The molecular formula is C10H14N2O. The highest BCUT2D eigenvalue weighted by Gasteiger charge is 2.22. The van der Waals surface area contributed by atoms with Crippen LogP contribution in [-0.2, 0) is 4.79 Å². The summed E-state index contributed by atoms with van der Waals surface area (Å²) < 4.78 is 0. The number of piperidine rings is 1. The fourth-order valence-corrected chi connectivity index (χ4v) is 1.61. The van der Waals surface area contributed by atoms with Crippen LogP contribution in [0.4, 0.5) is 0 Å². The van der Waals surface area contributed by atoms with E-state index in [-0.39, 0.29) is 11.5 Å². The molecule has 0 aromatic rings. The molecule has 1 atom stereocenters. The van der Waals surface area contributed by atoms with E-state index in [9.17, 15) is 4.79 Å². The van der Waals surface area contributed by atoms with Gasteiger partial charge < -0.3 is 4.90 Å². The molecule has 0 N–H and O–H groups in total. The van der Waals surface area contributed by atoms with Crippen LogP contribution in [0.1, 0.15) is 19.8 Å². The normalized spacial score (nSPS) is 22.2. The van der Waals surface area contributed by atoms with Gasteiger partial charge in [-0.25, -0.2) is 0 Å². The number of amides is 1. The van der Waals surface area contributed by atoms with E-state index in [0.29, 0.717) is 5.92 Å². The highest BCUT2D eigenvalue weighted by atomic mass is 16.2. The SMILES string of the molecule is C=C(C#N)C(=O)N1CCC[C@@H](C)C1. The summed E-state index contributed by atoms with van der Waals surface area (Å²) in [5.41, 5.74) is 0.0501. The van der Waals surface area contributed by atoms with Gasteiger partial charge in [-0.2, -0.15) is 5.26 Å². The fraction of sp³-hybridized carbons (Fsp3) is 0.600. The first-order valence-corrected chi connectivity index (χ1v) is 4.53. The van der Waals surface area contributed by atoms with Crippen LogP contribution in [0.3, 0.4) is 0 Å². The Morgan fingerprint density at radius 2 is 2.38 bits per heavy atom. The molecule has 0 spiro atoms. The number of hydrogen-bond acceptors (Lipinski definition) is 2. The Morgan fingerprint density at radius 1 is 1.69 bits per heavy atom. The van der Waals surface area contributed by atoms with E-state index < -0.39 is 0 Å². The van der Waals surface area contributed by atoms with Crippen LogP contribution < -0.4 is 0 Å². The molecule has 13 heavy (non-hydrogen) atoms. The van der Waals surface area contributed by atoms with Crippen LogP contribution in [0.15, 0.2) is 12.2 Å². The molecule has 1 aliphatic rings. The number of nitrogens with zero attached hydrogens (tertiary/aromatic N) is 2. The summed E-state index contributed by atoms with van der Waals surface area (Å²) in [4.78, 5) is 13.2. The van der Waals surface area contributed by atoms with E-state index in [4.69, 9.17) is 5.26 Å². The summed E-state index contributed by atoms with van der Waals surface area (Å²) >= 11 is 0. The van der Waals surface area contributed by atoms with Crippen LogP contribution in [0, 0.1) is 17.2 Å². The Morgan fingerprint density at radius 3 is 2.92 bits per heavy atom. The summed E-state index contributed by atoms with van der Waals surface area (Å²) in [6.45, 7) is 7.07. The second-order valence-electron chi connectivity index (χ2n) is 3.59. The zero-order valence-electron chi connectivity index (χ0n) is 7.92. The number of nitriles is 1. The Hall–Kier alpha value is -1.30. The van der Waals surface area contributed by atoms with Gasteiger partial charge in [0.1, 0.15) is 11.6 Å². The van der Waals surface area contributed by atoms with Crippen LogP contribution in [0.5, 0.6) is 0 Å². The summed E-state index contributed by atoms with van der Waals surface area (Å²) in [5, 5.41) is 8.50. The molecule has 0 saturated carbocycles. The Bertz CT molecular complexity index is 265. The number of carbonyl (C=O) groups excluding carboxylic acids is 1. The Balaban J connectivity index is 2.57. The second kappa shape index (κ2) is 4.08. The molecule has 0 unspecified atom stereocenters. The monoisotopic (exact) mass is 178 g/mol. The average Bonchev–Trinajstić information content (AvgIpc) is 2.15. The maximum atomic E-state index is 11.5. The summed E-state index contributed by atoms with van der Waals surface area (Å²) in [6, 6.07) is 1.79. The van der Waals surface area contributed by atoms with E-state index in [1.165, 1.54) is 6.42 Å². The van der Waals surface area contributed by atoms with Gasteiger partial charge in [0, 0.05) is 13.1 Å². The zero-order valence-corrected chi connectivity index (χ0v) is 7.92. The molecule has 0 bridgehead atoms. The van der Waals surface area contributed by atoms with Crippen molar-refractivity contribution >= 4 is 5.91 Å². The lowest BCUT2D eigenvalue weighted by Gasteiger charge is -2.30. The van der Waals surface area contributed by atoms with Gasteiger partial charge in [0.25, 0.3) is 5.91 Å². The maximum Gasteiger partial charge on any atom is 0.263 e. The van der Waals surface area contributed by atoms with Crippen LogP contribution >= 0.6 is 0 Å². The highest BCUT2D eigenvalue weighted by Crippen LogP contribution is 2.16. The molecule has 1 fully saturated rings. The molecule has 0 aliphatic carbocycles. The third-order valence-corrected chi connectivity index (χ3v) is 2.34. The lowest BCUT2D eigenvalue weighted by molar-refractivity contribution is -0.128. The first-order chi connectivity index (χ1) is 6.15. The minimum atomic E-state index is -0.200. The standard InChI is InChI=1S/C10H14N2O/c1-8-4-3-5-12(7-8)10(13)9(2)6-11/h8H,2-5,7H2,1H3/t8-/m1/s1. The predicted molar refractivity (Wildman–Crippen MR) is 49.7 cm³/mol. The van der Waals surface area contributed by atoms with E-state index in [0.717, 1.165) is 19.5 Å². The highest BCUT2D eigenvalue weighted by molar-refractivity contribution is 5.96. The van der Waals surface area contributed by atoms with E-state index in [1.807, 2.05) is 0 Å². The molecule has 1 amide bonds. The fourth-order valence-electron chi connectivity index (χ4n) is 1.61. The smallest absolute Gasteiger partial charge is 0.263 e. The van der Waals surface area contributed by atoms with E-state index >= 15 is 0 Å². The third-order valence-electron chi connectivity index (χ3n) is 2.34. The molecule has 0 aromatic carbocycles. The third kappa shape index (κ3) is 2.32. The van der Waals surface area contributed by atoms with E-state index in [1.54, 1.807) is 11.0 Å². The number of likely N-dealkylation sites (tertiary alicyclic amines) is 1. The quantitative estimate of drug-likeness (QED) is 0.449. The average molecular weight is 178 g/mol. The van der Waals surface area contributed by atoms with Gasteiger partial charge in [-0.1, -0.05) is 13.5 Å². The zero-order chi connectivity index (χ0) is 9.84. The minimum Gasteiger partial charge on any atom is -0.338 e. The molecule has 1 rings (SSSR count). The van der Waals surface area contributed by atoms with Crippen molar-refractivity contribution in [3.8, 4) is 6.07 Å². The maximum absolute atomic E-state index is 11.5. The van der Waals surface area contributed by atoms with Crippen molar-refractivity contribution in [2.45, 2.75) is 19.8 Å². The van der Waals surface area contributed by atoms with Crippen molar-refractivity contribution in [2.75, 3.05) is 13.1 Å². The van der Waals surface area contributed by atoms with Gasteiger partial charge >= 0.3 is 0 Å². The van der Waals surface area contributed by atoms with Crippen molar-refractivity contribution in [3.05, 3.63) is 12.2 Å². The number of carbonyl (C=O) groups is 1. The van der Waals surface area contributed by atoms with Crippen molar-refractivity contribution in [3.63, 3.8) is 0 Å². The van der Waals surface area contributed by atoms with Crippen molar-refractivity contribution in [1.82, 2.24) is 4.90 Å². The van der Waals surface area contributed by atoms with Gasteiger partial charge in [0.15, 0.2) is 0 Å². The first-order valence-electron chi connectivity index (χ1n) is 4.53. The summed E-state index contributed by atoms with van der Waals surface area (Å²) in [6.07, 6.45) is 2.20. The Kier molecular flexibility index (Phi) is 3.07. The molecule has 3 nitrogen and oxygen atoms in total. The molecule has 1 aliphatic heterocycles. The predicted octanol–water partition coefficient (Wildman–Crippen LogP) is 1.32. The first kappa shape index (κ1) is 9.79. The number of rotatable bonds is 1. The van der Waals surface area contributed by atoms with Gasteiger partial charge in [-0.05, 0) is 18.8 Å². The van der Waals surface area contributed by atoms with Gasteiger partial charge in [0.05, 0.1) is 0 Å². The molecular weight excluding hydrogens is 164 g/mol. The molecule has 3 heteroatoms. The van der Waals surface area contributed by atoms with Crippen molar-refractivity contribution < 1.29 is 4.79 Å². The summed E-state index contributed by atoms with van der Waals surface area (Å²) in [7, 11) is 0. The molecule has 70 valence electrons. The van der Waals surface area contributed by atoms with Crippen LogP contribution in [0.2, 0.25) is 0 Å². The molecule has 0 radical (unpaired) electrons. The Labute approximate surface area is 78.6 Å². The summed E-state index contributed by atoms with van der Waals surface area (Å²) in [5.74, 6) is 0.346. The largest absolute Gasteiger partial charge is 0.338 e. The van der Waals surface area contributed by atoms with Gasteiger partial charge in [0.2, 0.25) is 0 Å². The molecule has 1 saturated heterocycles. The van der Waals surface area contributed by atoms with Crippen molar-refractivity contribution in [2.24, 2.45) is 5.92 Å². The molecule has 1 heterocycles. The van der Waals surface area contributed by atoms with E-state index in [2.05, 4.69) is 13.5 Å². The van der Waals surface area contributed by atoms with Crippen LogP contribution in [0.25, 0.3) is 0 Å². The second-order valence-corrected chi connectivity index (χ2v) is 3.59. The molecule has 0 aromatic heterocycles. The topological polar surface area (TPSA) is 44.1 Å². The van der Waals surface area contributed by atoms with Crippen molar-refractivity contribution in [1.29, 1.82) is 5.26 Å². The minimum absolute atomic E-state index is 0.0501. The van der Waals surface area contributed by atoms with Crippen LogP contribution in [-0.4, -0.2) is 23.9 Å². The lowest BCUT2D eigenvalue weighted by Crippen LogP contribution is -2.39. The number of hydrogen-bond donors (Lipinski definition) is 0. The lowest BCUT2D eigenvalue weighted by atomic mass is 10.00. The van der Waals surface area contributed by atoms with Gasteiger partial charge in [-0.3, -0.25) is 4.79 Å². The van der Waals surface area contributed by atoms with Gasteiger partial charge in [-0.15, -0.1) is 0 Å².